The van der Waals surface area contributed by atoms with Gasteiger partial charge >= 0.3 is 17.9 Å². The van der Waals surface area contributed by atoms with E-state index in [1.54, 1.807) is 48.0 Å². The fraction of sp³-hybridized carbons (Fsp3) is 0.683. The van der Waals surface area contributed by atoms with Crippen molar-refractivity contribution in [2.24, 2.45) is 41.4 Å². The summed E-state index contributed by atoms with van der Waals surface area (Å²) in [6.07, 6.45) is 8.75. The van der Waals surface area contributed by atoms with Crippen molar-refractivity contribution in [2.75, 3.05) is 41.1 Å². The number of Topliss-reactive ketones (excluding diaryl/α,β-unsaturated/α-hetero) is 3. The highest BCUT2D eigenvalue weighted by atomic mass is 16.7. The summed E-state index contributed by atoms with van der Waals surface area (Å²) in [4.78, 5) is 106. The molecule has 3 saturated heterocycles. The van der Waals surface area contributed by atoms with E-state index in [-0.39, 0.29) is 68.0 Å². The van der Waals surface area contributed by atoms with Crippen molar-refractivity contribution in [3.63, 3.8) is 0 Å². The molecule has 6 heterocycles. The SMILES string of the molecule is CO[C@H]1C[C@@H]2CC[C@@H](C)[C@@](O)(O2)C(=O)C(=O)N2CCCC3[C@H]2C(=O)O[C@@H](CC(=O)[C@H](C)C=C(C)[C@@H](OC(=O)CCC(=O)On2c(O)ccc2O)[C@@H](OC)C(=O)[C@H](C)C[C@H](C)C=CC=CC=C1C)[C@H]3C[C@@H]1CC[C@@H](OCCO)[C@H](OC)C1. The van der Waals surface area contributed by atoms with Crippen LogP contribution in [0.15, 0.2) is 59.7 Å². The Labute approximate surface area is 474 Å². The second kappa shape index (κ2) is 29.6. The van der Waals surface area contributed by atoms with E-state index in [1.807, 2.05) is 44.2 Å². The van der Waals surface area contributed by atoms with Crippen LogP contribution in [0.2, 0.25) is 0 Å². The molecule has 1 unspecified atom stereocenters. The number of aromatic hydroxyl groups is 2. The van der Waals surface area contributed by atoms with E-state index in [9.17, 15) is 54.0 Å². The number of ether oxygens (including phenoxy) is 7. The quantitative estimate of drug-likeness (QED) is 0.106. The average molecular weight is 1140 g/mol. The van der Waals surface area contributed by atoms with Crippen LogP contribution in [-0.2, 0) is 66.7 Å². The van der Waals surface area contributed by atoms with Crippen LogP contribution in [-0.4, -0.2) is 167 Å². The Morgan fingerprint density at radius 1 is 0.802 bits per heavy atom. The van der Waals surface area contributed by atoms with Crippen molar-refractivity contribution in [1.29, 1.82) is 0 Å². The number of fused-ring (bicyclic) bond motifs is 16. The molecule has 4 N–H and O–H groups in total. The number of aliphatic hydroxyl groups is 2. The third kappa shape index (κ3) is 16.2. The zero-order chi connectivity index (χ0) is 59.3. The van der Waals surface area contributed by atoms with Gasteiger partial charge in [0.25, 0.3) is 11.7 Å². The maximum atomic E-state index is 14.7. The van der Waals surface area contributed by atoms with Gasteiger partial charge in [-0.3, -0.25) is 24.0 Å². The number of methoxy groups -OCH3 is 3. The fourth-order valence-corrected chi connectivity index (χ4v) is 12.5. The minimum atomic E-state index is -2.50. The van der Waals surface area contributed by atoms with Gasteiger partial charge in [-0.25, -0.2) is 9.59 Å². The monoisotopic (exact) mass is 1140 g/mol. The van der Waals surface area contributed by atoms with Crippen molar-refractivity contribution >= 4 is 41.2 Å². The first-order valence-corrected chi connectivity index (χ1v) is 28.6. The van der Waals surface area contributed by atoms with Gasteiger partial charge < -0.3 is 63.3 Å². The van der Waals surface area contributed by atoms with Crippen LogP contribution in [0, 0.1) is 41.4 Å². The lowest BCUT2D eigenvalue weighted by Crippen LogP contribution is -2.65. The first kappa shape index (κ1) is 64.6. The Morgan fingerprint density at radius 3 is 2.20 bits per heavy atom. The molecule has 0 spiro atoms. The predicted molar refractivity (Wildman–Crippen MR) is 292 cm³/mol. The Balaban J connectivity index is 1.36. The molecule has 21 heteroatoms. The predicted octanol–water partition coefficient (Wildman–Crippen LogP) is 5.62. The van der Waals surface area contributed by atoms with Crippen molar-refractivity contribution < 1.29 is 92.0 Å². The normalized spacial score (nSPS) is 34.3. The average Bonchev–Trinajstić information content (AvgIpc) is 3.84. The van der Waals surface area contributed by atoms with Crippen LogP contribution in [0.5, 0.6) is 11.8 Å². The number of rotatable bonds is 13. The molecule has 7 rings (SSSR count). The van der Waals surface area contributed by atoms with Gasteiger partial charge in [0.05, 0.1) is 50.5 Å². The minimum absolute atomic E-state index is 0.00962. The molecule has 450 valence electrons. The zero-order valence-electron chi connectivity index (χ0n) is 48.4. The van der Waals surface area contributed by atoms with E-state index in [1.165, 1.54) is 12.0 Å². The lowest BCUT2D eigenvalue weighted by Gasteiger charge is -2.50. The number of carbonyl (C=O) groups is 7. The molecule has 4 fully saturated rings. The molecule has 1 aliphatic carbocycles. The summed E-state index contributed by atoms with van der Waals surface area (Å²) in [6.45, 7) is 10.5. The van der Waals surface area contributed by atoms with Crippen molar-refractivity contribution in [3.8, 4) is 11.8 Å². The highest BCUT2D eigenvalue weighted by Crippen LogP contribution is 2.46. The van der Waals surface area contributed by atoms with E-state index < -0.39 is 132 Å². The Hall–Kier alpha value is -5.55. The number of hydrogen-bond donors (Lipinski definition) is 4. The van der Waals surface area contributed by atoms with Gasteiger partial charge in [-0.1, -0.05) is 64.2 Å². The smallest absolute Gasteiger partial charge is 0.333 e. The summed E-state index contributed by atoms with van der Waals surface area (Å²) in [5, 5.41) is 41.6. The number of esters is 2. The number of hydrogen-bond acceptors (Lipinski definition) is 19. The number of aromatic nitrogens is 1. The summed E-state index contributed by atoms with van der Waals surface area (Å²) in [7, 11) is 4.45. The molecule has 1 amide bonds. The molecule has 6 bridgehead atoms. The Morgan fingerprint density at radius 2 is 1.52 bits per heavy atom. The van der Waals surface area contributed by atoms with Crippen LogP contribution in [0.1, 0.15) is 125 Å². The van der Waals surface area contributed by atoms with Crippen LogP contribution < -0.4 is 4.84 Å². The van der Waals surface area contributed by atoms with E-state index in [2.05, 4.69) is 0 Å². The van der Waals surface area contributed by atoms with Gasteiger partial charge in [0.15, 0.2) is 18.0 Å². The van der Waals surface area contributed by atoms with Crippen LogP contribution >= 0.6 is 0 Å². The Bertz CT molecular complexity index is 2480. The maximum Gasteiger partial charge on any atom is 0.333 e. The largest absolute Gasteiger partial charge is 0.492 e. The first-order chi connectivity index (χ1) is 38.5. The molecule has 0 aromatic carbocycles. The second-order valence-corrected chi connectivity index (χ2v) is 22.9. The number of amides is 1. The van der Waals surface area contributed by atoms with E-state index in [0.717, 1.165) is 17.7 Å². The van der Waals surface area contributed by atoms with E-state index >= 15 is 0 Å². The number of nitrogens with zero attached hydrogens (tertiary/aromatic N) is 2. The second-order valence-electron chi connectivity index (χ2n) is 22.9. The van der Waals surface area contributed by atoms with Crippen molar-refractivity contribution in [1.82, 2.24) is 9.63 Å². The van der Waals surface area contributed by atoms with E-state index in [4.69, 9.17) is 38.0 Å². The fourth-order valence-electron chi connectivity index (χ4n) is 12.5. The topological polar surface area (TPSA) is 282 Å². The van der Waals surface area contributed by atoms with E-state index in [0.29, 0.717) is 62.5 Å². The Kier molecular flexibility index (Phi) is 23.6. The summed E-state index contributed by atoms with van der Waals surface area (Å²) >= 11 is 0. The molecule has 16 atom stereocenters. The highest BCUT2D eigenvalue weighted by molar-refractivity contribution is 6.39. The molecule has 1 saturated carbocycles. The van der Waals surface area contributed by atoms with Gasteiger partial charge in [-0.2, -0.15) is 0 Å². The molecular formula is C60H86N2O19. The number of carbonyl (C=O) groups excluding carboxylic acids is 7. The molecule has 6 aliphatic rings. The number of ketones is 3. The standard InChI is InChI=1S/C60H86N2O19/c1-34-14-11-10-12-15-35(2)46(74-7)32-41-19-17-39(6)60(73,80-41)57(70)58(71)61-25-13-16-42-43(30-40-18-20-45(77-27-26-63)48(31-40)75-8)47(78-59(72)53(42)61)33-44(64)36(3)29-38(5)55(56(76-9)54(69)37(4)28-34)79-51(67)23-24-52(68)81-62-49(65)21-22-50(62)66/h10-12,14-15,21-22,29,34,36-37,39-43,45-48,53,55-56,63,65-66,73H,13,16-20,23-28,30-33H2,1-9H3/t34-,36-,37-,39-,40+,41+,42?,43+,45-,46+,47+,48-,53+,55-,56+,60-/m1/s1. The lowest BCUT2D eigenvalue weighted by atomic mass is 9.68. The van der Waals surface area contributed by atoms with Crippen LogP contribution in [0.4, 0.5) is 0 Å². The lowest BCUT2D eigenvalue weighted by molar-refractivity contribution is -0.266. The number of allylic oxidation sites excluding steroid dienone is 6. The van der Waals surface area contributed by atoms with Gasteiger partial charge in [-0.05, 0) is 101 Å². The third-order valence-corrected chi connectivity index (χ3v) is 17.1. The van der Waals surface area contributed by atoms with Gasteiger partial charge in [-0.15, -0.1) is 4.73 Å². The van der Waals surface area contributed by atoms with Gasteiger partial charge in [0.2, 0.25) is 17.5 Å². The molecule has 5 aliphatic heterocycles. The molecule has 1 aromatic rings. The first-order valence-electron chi connectivity index (χ1n) is 28.6. The highest BCUT2D eigenvalue weighted by Gasteiger charge is 2.57. The molecule has 21 nitrogen and oxygen atoms in total. The summed E-state index contributed by atoms with van der Waals surface area (Å²) in [5.41, 5.74) is 1.11. The van der Waals surface area contributed by atoms with Crippen molar-refractivity contribution in [3.05, 3.63) is 59.7 Å². The summed E-state index contributed by atoms with van der Waals surface area (Å²) in [6, 6.07) is 0.988. The molecular weight excluding hydrogens is 1050 g/mol. The van der Waals surface area contributed by atoms with Crippen LogP contribution in [0.3, 0.4) is 0 Å². The van der Waals surface area contributed by atoms with Crippen molar-refractivity contribution in [2.45, 2.75) is 180 Å². The minimum Gasteiger partial charge on any atom is -0.492 e. The third-order valence-electron chi connectivity index (χ3n) is 17.1. The zero-order valence-corrected chi connectivity index (χ0v) is 48.4. The van der Waals surface area contributed by atoms with Gasteiger partial charge in [0, 0.05) is 76.5 Å². The maximum absolute atomic E-state index is 14.7. The van der Waals surface area contributed by atoms with Gasteiger partial charge in [0.1, 0.15) is 17.9 Å². The number of piperidine rings is 1. The molecule has 1 aromatic heterocycles. The summed E-state index contributed by atoms with van der Waals surface area (Å²) < 4.78 is 42.5. The number of aliphatic hydroxyl groups excluding tert-OH is 1. The summed E-state index contributed by atoms with van der Waals surface area (Å²) in [5.74, 6) is -12.8. The molecule has 81 heavy (non-hydrogen) atoms. The molecule has 0 radical (unpaired) electrons. The van der Waals surface area contributed by atoms with Crippen LogP contribution in [0.25, 0.3) is 0 Å².